The number of aliphatic hydroxyl groups is 1. The van der Waals surface area contributed by atoms with Gasteiger partial charge in [0, 0.05) is 11.6 Å². The highest BCUT2D eigenvalue weighted by Crippen LogP contribution is 2.59. The van der Waals surface area contributed by atoms with Crippen LogP contribution in [0.2, 0.25) is 0 Å². The summed E-state index contributed by atoms with van der Waals surface area (Å²) < 4.78 is 0. The summed E-state index contributed by atoms with van der Waals surface area (Å²) in [6.45, 7) is 7.21. The van der Waals surface area contributed by atoms with Crippen molar-refractivity contribution < 1.29 is 5.11 Å². The lowest BCUT2D eigenvalue weighted by molar-refractivity contribution is 0.133. The van der Waals surface area contributed by atoms with Crippen LogP contribution < -0.4 is 5.32 Å². The summed E-state index contributed by atoms with van der Waals surface area (Å²) in [6.07, 6.45) is 3.77. The molecule has 2 fully saturated rings. The molecule has 0 unspecified atom stereocenters. The second-order valence-corrected chi connectivity index (χ2v) is 5.72. The van der Waals surface area contributed by atoms with Crippen LogP contribution in [0.4, 0.5) is 0 Å². The first-order valence-electron chi connectivity index (χ1n) is 5.38. The molecule has 2 N–H and O–H groups in total. The Morgan fingerprint density at radius 2 is 2.08 bits per heavy atom. The Bertz CT molecular complexity index is 209. The molecular weight excluding hydrogens is 162 g/mol. The third kappa shape index (κ3) is 1.31. The van der Waals surface area contributed by atoms with Crippen LogP contribution in [-0.4, -0.2) is 23.3 Å². The largest absolute Gasteiger partial charge is 0.395 e. The molecule has 2 nitrogen and oxygen atoms in total. The van der Waals surface area contributed by atoms with Gasteiger partial charge in [0.15, 0.2) is 0 Å². The normalized spacial score (nSPS) is 44.3. The van der Waals surface area contributed by atoms with Gasteiger partial charge < -0.3 is 10.4 Å². The highest BCUT2D eigenvalue weighted by atomic mass is 16.3. The van der Waals surface area contributed by atoms with Crippen LogP contribution in [-0.2, 0) is 0 Å². The topological polar surface area (TPSA) is 32.3 Å². The molecule has 1 saturated carbocycles. The van der Waals surface area contributed by atoms with Gasteiger partial charge in [-0.15, -0.1) is 0 Å². The summed E-state index contributed by atoms with van der Waals surface area (Å²) in [4.78, 5) is 0. The lowest BCUT2D eigenvalue weighted by atomic mass is 9.79. The molecule has 1 aliphatic carbocycles. The van der Waals surface area contributed by atoms with Crippen LogP contribution >= 0.6 is 0 Å². The Balaban J connectivity index is 2.10. The first-order chi connectivity index (χ1) is 5.99. The zero-order valence-corrected chi connectivity index (χ0v) is 8.93. The van der Waals surface area contributed by atoms with Crippen molar-refractivity contribution in [2.45, 2.75) is 51.6 Å². The van der Waals surface area contributed by atoms with E-state index in [0.717, 1.165) is 12.3 Å². The third-order valence-electron chi connectivity index (χ3n) is 3.99. The second kappa shape index (κ2) is 2.71. The van der Waals surface area contributed by atoms with Crippen molar-refractivity contribution in [2.24, 2.45) is 11.3 Å². The van der Waals surface area contributed by atoms with Gasteiger partial charge in [-0.25, -0.2) is 0 Å². The molecule has 0 radical (unpaired) electrons. The van der Waals surface area contributed by atoms with E-state index in [4.69, 9.17) is 5.11 Å². The summed E-state index contributed by atoms with van der Waals surface area (Å²) in [6, 6.07) is 0.345. The summed E-state index contributed by atoms with van der Waals surface area (Å²) in [5, 5.41) is 12.8. The Kier molecular flexibility index (Phi) is 1.97. The minimum absolute atomic E-state index is 0.296. The lowest BCUT2D eigenvalue weighted by Gasteiger charge is -2.39. The van der Waals surface area contributed by atoms with Crippen molar-refractivity contribution in [1.29, 1.82) is 0 Å². The van der Waals surface area contributed by atoms with E-state index in [9.17, 15) is 0 Å². The minimum atomic E-state index is 0.296. The molecule has 3 atom stereocenters. The molecule has 0 amide bonds. The van der Waals surface area contributed by atoms with Crippen molar-refractivity contribution in [2.75, 3.05) is 6.61 Å². The predicted molar refractivity (Wildman–Crippen MR) is 53.5 cm³/mol. The van der Waals surface area contributed by atoms with Crippen LogP contribution in [0.25, 0.3) is 0 Å². The molecule has 2 rings (SSSR count). The standard InChI is InChI=1S/C11H21NO/c1-10(2,3)11-6-8(11)4-5-9(7-13)12-11/h8-9,12-13H,4-7H2,1-3H3/t8-,9-,11+/m0/s1. The molecular formula is C11H21NO. The van der Waals surface area contributed by atoms with Gasteiger partial charge in [-0.2, -0.15) is 0 Å². The number of rotatable bonds is 1. The maximum atomic E-state index is 9.14. The minimum Gasteiger partial charge on any atom is -0.395 e. The molecule has 0 aromatic heterocycles. The van der Waals surface area contributed by atoms with Crippen molar-refractivity contribution in [1.82, 2.24) is 5.32 Å². The molecule has 2 heteroatoms. The molecule has 0 aromatic rings. The zero-order chi connectivity index (χ0) is 9.69. The van der Waals surface area contributed by atoms with Crippen LogP contribution in [0.3, 0.4) is 0 Å². The SMILES string of the molecule is CC(C)(C)[C@@]12C[C@@H]1CC[C@@H](CO)N2. The van der Waals surface area contributed by atoms with Gasteiger partial charge in [-0.1, -0.05) is 20.8 Å². The van der Waals surface area contributed by atoms with Crippen molar-refractivity contribution in [3.63, 3.8) is 0 Å². The Labute approximate surface area is 80.7 Å². The molecule has 1 aliphatic heterocycles. The van der Waals surface area contributed by atoms with E-state index < -0.39 is 0 Å². The first kappa shape index (κ1) is 9.47. The number of hydrogen-bond donors (Lipinski definition) is 2. The molecule has 0 aromatic carbocycles. The molecule has 76 valence electrons. The van der Waals surface area contributed by atoms with E-state index in [1.54, 1.807) is 0 Å². The number of fused-ring (bicyclic) bond motifs is 1. The Morgan fingerprint density at radius 3 is 2.62 bits per heavy atom. The predicted octanol–water partition coefficient (Wildman–Crippen LogP) is 1.54. The monoisotopic (exact) mass is 183 g/mol. The van der Waals surface area contributed by atoms with Gasteiger partial charge >= 0.3 is 0 Å². The molecule has 2 aliphatic rings. The fourth-order valence-electron chi connectivity index (χ4n) is 2.97. The summed E-state index contributed by atoms with van der Waals surface area (Å²) in [5.74, 6) is 0.871. The number of piperidine rings is 1. The van der Waals surface area contributed by atoms with Gasteiger partial charge in [-0.05, 0) is 30.6 Å². The van der Waals surface area contributed by atoms with E-state index >= 15 is 0 Å². The fourth-order valence-corrected chi connectivity index (χ4v) is 2.97. The van der Waals surface area contributed by atoms with E-state index in [2.05, 4.69) is 26.1 Å². The average Bonchev–Trinajstić information content (AvgIpc) is 2.76. The second-order valence-electron chi connectivity index (χ2n) is 5.72. The van der Waals surface area contributed by atoms with Gasteiger partial charge in [0.05, 0.1) is 6.61 Å². The van der Waals surface area contributed by atoms with Gasteiger partial charge in [0.25, 0.3) is 0 Å². The maximum Gasteiger partial charge on any atom is 0.0584 e. The van der Waals surface area contributed by atoms with Crippen molar-refractivity contribution >= 4 is 0 Å². The molecule has 1 saturated heterocycles. The van der Waals surface area contributed by atoms with Crippen LogP contribution in [0.15, 0.2) is 0 Å². The molecule has 13 heavy (non-hydrogen) atoms. The molecule has 0 spiro atoms. The lowest BCUT2D eigenvalue weighted by Crippen LogP contribution is -2.53. The highest BCUT2D eigenvalue weighted by molar-refractivity contribution is 5.19. The van der Waals surface area contributed by atoms with Crippen LogP contribution in [0.5, 0.6) is 0 Å². The zero-order valence-electron chi connectivity index (χ0n) is 8.93. The quantitative estimate of drug-likeness (QED) is 0.646. The van der Waals surface area contributed by atoms with Gasteiger partial charge in [-0.3, -0.25) is 0 Å². The number of nitrogens with one attached hydrogen (secondary N) is 1. The first-order valence-corrected chi connectivity index (χ1v) is 5.38. The van der Waals surface area contributed by atoms with E-state index in [1.807, 2.05) is 0 Å². The van der Waals surface area contributed by atoms with E-state index in [1.165, 1.54) is 12.8 Å². The molecule has 1 heterocycles. The van der Waals surface area contributed by atoms with Crippen LogP contribution in [0.1, 0.15) is 40.0 Å². The third-order valence-corrected chi connectivity index (χ3v) is 3.99. The number of aliphatic hydroxyl groups excluding tert-OH is 1. The summed E-state index contributed by atoms with van der Waals surface area (Å²) in [7, 11) is 0. The highest BCUT2D eigenvalue weighted by Gasteiger charge is 2.62. The number of hydrogen-bond acceptors (Lipinski definition) is 2. The van der Waals surface area contributed by atoms with Crippen LogP contribution in [0, 0.1) is 11.3 Å². The molecule has 0 bridgehead atoms. The summed E-state index contributed by atoms with van der Waals surface area (Å²) in [5.41, 5.74) is 0.685. The van der Waals surface area contributed by atoms with Gasteiger partial charge in [0.2, 0.25) is 0 Å². The van der Waals surface area contributed by atoms with Gasteiger partial charge in [0.1, 0.15) is 0 Å². The van der Waals surface area contributed by atoms with Crippen molar-refractivity contribution in [3.8, 4) is 0 Å². The Hall–Kier alpha value is -0.0800. The van der Waals surface area contributed by atoms with E-state index in [-0.39, 0.29) is 0 Å². The maximum absolute atomic E-state index is 9.14. The van der Waals surface area contributed by atoms with Crippen molar-refractivity contribution in [3.05, 3.63) is 0 Å². The Morgan fingerprint density at radius 1 is 1.38 bits per heavy atom. The average molecular weight is 183 g/mol. The fraction of sp³-hybridized carbons (Fsp3) is 1.00. The summed E-state index contributed by atoms with van der Waals surface area (Å²) >= 11 is 0. The smallest absolute Gasteiger partial charge is 0.0584 e. The van der Waals surface area contributed by atoms with E-state index in [0.29, 0.717) is 23.6 Å².